The minimum atomic E-state index is -4.49. The van der Waals surface area contributed by atoms with Crippen molar-refractivity contribution in [2.45, 2.75) is 61.8 Å². The van der Waals surface area contributed by atoms with Crippen molar-refractivity contribution >= 4 is 17.6 Å². The number of alkyl halides is 3. The van der Waals surface area contributed by atoms with Crippen LogP contribution in [0.4, 0.5) is 19.0 Å². The van der Waals surface area contributed by atoms with Crippen molar-refractivity contribution in [3.63, 3.8) is 0 Å². The Morgan fingerprint density at radius 2 is 1.68 bits per heavy atom. The maximum Gasteiger partial charge on any atom is 0.417 e. The van der Waals surface area contributed by atoms with Crippen LogP contribution >= 0.6 is 11.8 Å². The Morgan fingerprint density at radius 1 is 0.971 bits per heavy atom. The fourth-order valence-corrected chi connectivity index (χ4v) is 5.44. The summed E-state index contributed by atoms with van der Waals surface area (Å²) in [7, 11) is 0. The first-order valence-corrected chi connectivity index (χ1v) is 12.1. The van der Waals surface area contributed by atoms with E-state index in [0.717, 1.165) is 22.2 Å². The van der Waals surface area contributed by atoms with Crippen molar-refractivity contribution < 1.29 is 17.9 Å². The molecule has 0 bridgehead atoms. The Morgan fingerprint density at radius 3 is 2.35 bits per heavy atom. The summed E-state index contributed by atoms with van der Waals surface area (Å²) in [6, 6.07) is 13.8. The third-order valence-corrected chi connectivity index (χ3v) is 6.91. The Bertz CT molecular complexity index is 1140. The molecule has 3 aromatic rings. The Balaban J connectivity index is 1.69. The van der Waals surface area contributed by atoms with Gasteiger partial charge in [0.2, 0.25) is 0 Å². The zero-order chi connectivity index (χ0) is 24.5. The van der Waals surface area contributed by atoms with E-state index in [-0.39, 0.29) is 23.0 Å². The van der Waals surface area contributed by atoms with Gasteiger partial charge in [0.05, 0.1) is 23.5 Å². The number of aromatic nitrogens is 2. The van der Waals surface area contributed by atoms with Crippen LogP contribution in [0.25, 0.3) is 11.3 Å². The van der Waals surface area contributed by atoms with Gasteiger partial charge in [0.15, 0.2) is 0 Å². The lowest BCUT2D eigenvalue weighted by Gasteiger charge is -2.36. The highest BCUT2D eigenvalue weighted by atomic mass is 32.2. The number of hydrogen-bond donors (Lipinski definition) is 0. The molecule has 2 atom stereocenters. The van der Waals surface area contributed by atoms with E-state index in [9.17, 15) is 13.2 Å². The van der Waals surface area contributed by atoms with Gasteiger partial charge in [0, 0.05) is 34.5 Å². The lowest BCUT2D eigenvalue weighted by atomic mass is 10.0. The maximum atomic E-state index is 14.1. The minimum Gasteiger partial charge on any atom is -0.372 e. The molecule has 2 aromatic carbocycles. The van der Waals surface area contributed by atoms with Crippen LogP contribution < -0.4 is 4.90 Å². The summed E-state index contributed by atoms with van der Waals surface area (Å²) in [6.45, 7) is 9.40. The van der Waals surface area contributed by atoms with Gasteiger partial charge in [-0.1, -0.05) is 49.9 Å². The third-order valence-electron chi connectivity index (χ3n) is 5.74. The van der Waals surface area contributed by atoms with Gasteiger partial charge in [-0.3, -0.25) is 0 Å². The number of halogens is 3. The molecule has 0 N–H and O–H groups in total. The van der Waals surface area contributed by atoms with Crippen molar-refractivity contribution in [3.8, 4) is 11.3 Å². The molecular weight excluding hydrogens is 459 g/mol. The van der Waals surface area contributed by atoms with Crippen LogP contribution in [-0.4, -0.2) is 35.3 Å². The molecule has 0 radical (unpaired) electrons. The summed E-state index contributed by atoms with van der Waals surface area (Å²) >= 11 is 1.15. The van der Waals surface area contributed by atoms with Crippen molar-refractivity contribution in [2.24, 2.45) is 0 Å². The lowest BCUT2D eigenvalue weighted by Crippen LogP contribution is -2.45. The van der Waals surface area contributed by atoms with Crippen LogP contribution in [0.2, 0.25) is 0 Å². The molecule has 1 saturated heterocycles. The maximum absolute atomic E-state index is 14.1. The van der Waals surface area contributed by atoms with Gasteiger partial charge in [-0.25, -0.2) is 9.97 Å². The summed E-state index contributed by atoms with van der Waals surface area (Å²) in [5.41, 5.74) is 1.23. The van der Waals surface area contributed by atoms with Crippen LogP contribution in [0.15, 0.2) is 64.6 Å². The van der Waals surface area contributed by atoms with Gasteiger partial charge in [-0.05, 0) is 43.5 Å². The van der Waals surface area contributed by atoms with Crippen LogP contribution in [0, 0.1) is 0 Å². The number of nitrogens with zero attached hydrogens (tertiary/aromatic N) is 3. The second-order valence-electron chi connectivity index (χ2n) is 8.93. The highest BCUT2D eigenvalue weighted by Gasteiger charge is 2.34. The molecule has 2 unspecified atom stereocenters. The molecular formula is C26H28F3N3OS. The summed E-state index contributed by atoms with van der Waals surface area (Å²) in [5, 5.41) is 0. The molecule has 180 valence electrons. The Hall–Kier alpha value is -2.58. The minimum absolute atomic E-state index is 0.0454. The largest absolute Gasteiger partial charge is 0.417 e. The van der Waals surface area contributed by atoms with E-state index in [4.69, 9.17) is 4.74 Å². The van der Waals surface area contributed by atoms with Gasteiger partial charge in [-0.15, -0.1) is 0 Å². The highest BCUT2D eigenvalue weighted by molar-refractivity contribution is 7.99. The van der Waals surface area contributed by atoms with Gasteiger partial charge in [0.1, 0.15) is 12.1 Å². The molecule has 1 fully saturated rings. The monoisotopic (exact) mass is 487 g/mol. The standard InChI is InChI=1S/C26H28F3N3OS/c1-16(2)20-7-5-6-8-23(20)34-24-10-9-19(11-21(24)26(27,28)29)22-12-25(31-15-30-22)32-13-17(3)33-18(4)14-32/h5-12,15-18H,13-14H2,1-4H3. The van der Waals surface area contributed by atoms with Crippen LogP contribution in [0.3, 0.4) is 0 Å². The molecule has 0 aliphatic carbocycles. The average molecular weight is 488 g/mol. The van der Waals surface area contributed by atoms with Gasteiger partial charge in [-0.2, -0.15) is 13.2 Å². The van der Waals surface area contributed by atoms with E-state index in [0.29, 0.717) is 30.2 Å². The number of benzene rings is 2. The first kappa shape index (κ1) is 24.5. The van der Waals surface area contributed by atoms with Crippen LogP contribution in [0.5, 0.6) is 0 Å². The smallest absolute Gasteiger partial charge is 0.372 e. The fraction of sp³-hybridized carbons (Fsp3) is 0.385. The second-order valence-corrected chi connectivity index (χ2v) is 10.0. The fourth-order valence-electron chi connectivity index (χ4n) is 4.21. The molecule has 0 spiro atoms. The first-order valence-electron chi connectivity index (χ1n) is 11.3. The van der Waals surface area contributed by atoms with Crippen molar-refractivity contribution in [1.82, 2.24) is 9.97 Å². The van der Waals surface area contributed by atoms with Gasteiger partial charge < -0.3 is 9.64 Å². The zero-order valence-corrected chi connectivity index (χ0v) is 20.5. The number of ether oxygens (including phenoxy) is 1. The summed E-state index contributed by atoms with van der Waals surface area (Å²) in [6.07, 6.45) is -2.99. The van der Waals surface area contributed by atoms with Crippen molar-refractivity contribution in [2.75, 3.05) is 18.0 Å². The second kappa shape index (κ2) is 9.96. The van der Waals surface area contributed by atoms with Crippen molar-refractivity contribution in [1.29, 1.82) is 0 Å². The quantitative estimate of drug-likeness (QED) is 0.386. The van der Waals surface area contributed by atoms with E-state index in [1.165, 1.54) is 12.4 Å². The predicted molar refractivity (Wildman–Crippen MR) is 129 cm³/mol. The van der Waals surface area contributed by atoms with Gasteiger partial charge in [0.25, 0.3) is 0 Å². The number of hydrogen-bond acceptors (Lipinski definition) is 5. The van der Waals surface area contributed by atoms with Gasteiger partial charge >= 0.3 is 6.18 Å². The van der Waals surface area contributed by atoms with E-state index in [2.05, 4.69) is 14.9 Å². The number of morpholine rings is 1. The molecule has 4 nitrogen and oxygen atoms in total. The Labute approximate surface area is 202 Å². The molecule has 0 saturated carbocycles. The molecule has 8 heteroatoms. The summed E-state index contributed by atoms with van der Waals surface area (Å²) < 4.78 is 48.1. The summed E-state index contributed by atoms with van der Waals surface area (Å²) in [4.78, 5) is 11.7. The molecule has 1 aliphatic rings. The molecule has 1 aliphatic heterocycles. The van der Waals surface area contributed by atoms with E-state index in [1.54, 1.807) is 18.2 Å². The first-order chi connectivity index (χ1) is 16.1. The lowest BCUT2D eigenvalue weighted by molar-refractivity contribution is -0.139. The SMILES string of the molecule is CC1CN(c2cc(-c3ccc(Sc4ccccc4C(C)C)c(C(F)(F)F)c3)ncn2)CC(C)O1. The van der Waals surface area contributed by atoms with Crippen molar-refractivity contribution in [3.05, 3.63) is 66.0 Å². The number of anilines is 1. The molecule has 1 aromatic heterocycles. The highest BCUT2D eigenvalue weighted by Crippen LogP contribution is 2.43. The molecule has 34 heavy (non-hydrogen) atoms. The van der Waals surface area contributed by atoms with E-state index >= 15 is 0 Å². The van der Waals surface area contributed by atoms with Crippen LogP contribution in [-0.2, 0) is 10.9 Å². The Kier molecular flexibility index (Phi) is 7.19. The third kappa shape index (κ3) is 5.55. The van der Waals surface area contributed by atoms with E-state index < -0.39 is 11.7 Å². The molecule has 2 heterocycles. The summed E-state index contributed by atoms with van der Waals surface area (Å²) in [5.74, 6) is 0.896. The molecule has 0 amide bonds. The topological polar surface area (TPSA) is 38.2 Å². The normalized spacial score (nSPS) is 19.0. The average Bonchev–Trinajstić information content (AvgIpc) is 2.78. The zero-order valence-electron chi connectivity index (χ0n) is 19.6. The number of rotatable bonds is 5. The molecule has 4 rings (SSSR count). The predicted octanol–water partition coefficient (Wildman–Crippen LogP) is 7.05. The van der Waals surface area contributed by atoms with E-state index in [1.807, 2.05) is 52.0 Å². The van der Waals surface area contributed by atoms with Crippen LogP contribution in [0.1, 0.15) is 44.7 Å².